The Balaban J connectivity index is 1.51. The summed E-state index contributed by atoms with van der Waals surface area (Å²) < 4.78 is 19.4. The zero-order chi connectivity index (χ0) is 23.5. The molecular formula is C24H22N6O4. The van der Waals surface area contributed by atoms with Gasteiger partial charge in [-0.25, -0.2) is 9.97 Å². The maximum Gasteiger partial charge on any atom is 0.250 e. The van der Waals surface area contributed by atoms with Crippen molar-refractivity contribution in [2.45, 2.75) is 13.1 Å². The van der Waals surface area contributed by atoms with Crippen LogP contribution in [0.15, 0.2) is 76.3 Å². The van der Waals surface area contributed by atoms with Crippen molar-refractivity contribution in [2.75, 3.05) is 19.5 Å². The topological polar surface area (TPSA) is 109 Å². The number of methoxy groups -OCH3 is 2. The Morgan fingerprint density at radius 2 is 1.88 bits per heavy atom. The first-order valence-electron chi connectivity index (χ1n) is 10.6. The van der Waals surface area contributed by atoms with E-state index in [2.05, 4.69) is 15.4 Å². The summed E-state index contributed by atoms with van der Waals surface area (Å²) in [6.07, 6.45) is 3.30. The van der Waals surface area contributed by atoms with Crippen LogP contribution in [0.1, 0.15) is 11.3 Å². The molecule has 0 radical (unpaired) electrons. The molecule has 0 amide bonds. The fourth-order valence-electron chi connectivity index (χ4n) is 3.58. The van der Waals surface area contributed by atoms with Crippen molar-refractivity contribution in [2.24, 2.45) is 0 Å². The molecule has 4 heterocycles. The number of nitrogens with zero attached hydrogens (tertiary/aromatic N) is 5. The van der Waals surface area contributed by atoms with Crippen LogP contribution in [-0.2, 0) is 13.1 Å². The van der Waals surface area contributed by atoms with E-state index in [4.69, 9.17) is 18.9 Å². The third kappa shape index (κ3) is 4.20. The monoisotopic (exact) mass is 458 g/mol. The van der Waals surface area contributed by atoms with Crippen LogP contribution in [0.3, 0.4) is 0 Å². The summed E-state index contributed by atoms with van der Waals surface area (Å²) in [5, 5.41) is 7.89. The second-order valence-corrected chi connectivity index (χ2v) is 7.46. The molecule has 0 aliphatic rings. The Bertz CT molecular complexity index is 1490. The molecule has 10 heteroatoms. The number of anilines is 1. The van der Waals surface area contributed by atoms with Gasteiger partial charge in [-0.3, -0.25) is 4.79 Å². The van der Waals surface area contributed by atoms with Gasteiger partial charge in [0.2, 0.25) is 11.8 Å². The van der Waals surface area contributed by atoms with Gasteiger partial charge < -0.3 is 23.8 Å². The minimum absolute atomic E-state index is 0.109. The van der Waals surface area contributed by atoms with Crippen molar-refractivity contribution in [3.8, 4) is 23.1 Å². The normalized spacial score (nSPS) is 11.0. The van der Waals surface area contributed by atoms with Crippen molar-refractivity contribution >= 4 is 11.6 Å². The standard InChI is InChI=1S/C24H22N6O4/c1-32-18-9-8-16(12-20(18)33-2)14-25-24-26-17(15-29-10-4-3-7-22(29)31)13-21-27-23(28-30(21)24)19-6-5-11-34-19/h3-13H,14-15H2,1-2H3,(H,25,26). The summed E-state index contributed by atoms with van der Waals surface area (Å²) in [4.78, 5) is 21.5. The Morgan fingerprint density at radius 1 is 1.00 bits per heavy atom. The summed E-state index contributed by atoms with van der Waals surface area (Å²) in [6, 6.07) is 16.1. The molecule has 34 heavy (non-hydrogen) atoms. The summed E-state index contributed by atoms with van der Waals surface area (Å²) in [5.41, 5.74) is 2.09. The summed E-state index contributed by atoms with van der Waals surface area (Å²) in [7, 11) is 3.20. The first-order valence-corrected chi connectivity index (χ1v) is 10.6. The number of fused-ring (bicyclic) bond motifs is 1. The number of furan rings is 1. The highest BCUT2D eigenvalue weighted by molar-refractivity contribution is 5.55. The van der Waals surface area contributed by atoms with Gasteiger partial charge in [-0.15, -0.1) is 5.10 Å². The molecule has 1 aromatic carbocycles. The molecule has 4 aromatic heterocycles. The number of ether oxygens (including phenoxy) is 2. The Labute approximate surface area is 194 Å². The molecule has 0 unspecified atom stereocenters. The second kappa shape index (κ2) is 9.10. The van der Waals surface area contributed by atoms with Crippen LogP contribution in [0.5, 0.6) is 11.5 Å². The molecule has 0 aliphatic carbocycles. The Hall–Kier alpha value is -4.60. The van der Waals surface area contributed by atoms with Gasteiger partial charge in [0.25, 0.3) is 5.56 Å². The summed E-state index contributed by atoms with van der Waals surface area (Å²) >= 11 is 0. The third-order valence-corrected chi connectivity index (χ3v) is 5.25. The van der Waals surface area contributed by atoms with Crippen molar-refractivity contribution in [3.63, 3.8) is 0 Å². The fourth-order valence-corrected chi connectivity index (χ4v) is 3.58. The highest BCUT2D eigenvalue weighted by Gasteiger charge is 2.15. The van der Waals surface area contributed by atoms with Gasteiger partial charge in [0, 0.05) is 24.9 Å². The molecular weight excluding hydrogens is 436 g/mol. The first-order chi connectivity index (χ1) is 16.6. The number of rotatable bonds is 8. The molecule has 5 aromatic rings. The molecule has 10 nitrogen and oxygen atoms in total. The smallest absolute Gasteiger partial charge is 0.250 e. The molecule has 0 aliphatic heterocycles. The SMILES string of the molecule is COc1ccc(CNc2nc(Cn3ccccc3=O)cc3nc(-c4ccco4)nn23)cc1OC. The van der Waals surface area contributed by atoms with Crippen LogP contribution in [0, 0.1) is 0 Å². The van der Waals surface area contributed by atoms with E-state index in [-0.39, 0.29) is 5.56 Å². The number of benzene rings is 1. The van der Waals surface area contributed by atoms with E-state index in [9.17, 15) is 4.79 Å². The molecule has 5 rings (SSSR count). The lowest BCUT2D eigenvalue weighted by atomic mass is 10.2. The fraction of sp³-hybridized carbons (Fsp3) is 0.167. The Morgan fingerprint density at radius 3 is 2.65 bits per heavy atom. The number of hydrogen-bond acceptors (Lipinski definition) is 8. The molecule has 0 atom stereocenters. The van der Waals surface area contributed by atoms with Crippen LogP contribution in [-0.4, -0.2) is 38.4 Å². The molecule has 172 valence electrons. The van der Waals surface area contributed by atoms with Gasteiger partial charge in [-0.2, -0.15) is 4.52 Å². The van der Waals surface area contributed by atoms with E-state index in [1.54, 1.807) is 60.0 Å². The predicted molar refractivity (Wildman–Crippen MR) is 125 cm³/mol. The average molecular weight is 458 g/mol. The molecule has 0 saturated carbocycles. The quantitative estimate of drug-likeness (QED) is 0.378. The lowest BCUT2D eigenvalue weighted by Gasteiger charge is -2.12. The van der Waals surface area contributed by atoms with E-state index >= 15 is 0 Å². The number of aromatic nitrogens is 5. The van der Waals surface area contributed by atoms with Gasteiger partial charge in [0.1, 0.15) is 0 Å². The highest BCUT2D eigenvalue weighted by Crippen LogP contribution is 2.28. The van der Waals surface area contributed by atoms with Gasteiger partial charge in [0.05, 0.1) is 32.7 Å². The van der Waals surface area contributed by atoms with Gasteiger partial charge in [0.15, 0.2) is 22.9 Å². The largest absolute Gasteiger partial charge is 0.493 e. The van der Waals surface area contributed by atoms with Gasteiger partial charge >= 0.3 is 0 Å². The van der Waals surface area contributed by atoms with Gasteiger partial charge in [-0.1, -0.05) is 12.1 Å². The van der Waals surface area contributed by atoms with Crippen LogP contribution in [0.2, 0.25) is 0 Å². The van der Waals surface area contributed by atoms with Crippen molar-refractivity contribution in [1.29, 1.82) is 0 Å². The second-order valence-electron chi connectivity index (χ2n) is 7.46. The maximum atomic E-state index is 12.2. The first kappa shape index (κ1) is 21.3. The molecule has 0 spiro atoms. The maximum absolute atomic E-state index is 12.2. The highest BCUT2D eigenvalue weighted by atomic mass is 16.5. The molecule has 1 N–H and O–H groups in total. The van der Waals surface area contributed by atoms with E-state index in [1.165, 1.54) is 6.07 Å². The summed E-state index contributed by atoms with van der Waals surface area (Å²) in [6.45, 7) is 0.747. The summed E-state index contributed by atoms with van der Waals surface area (Å²) in [5.74, 6) is 2.77. The van der Waals surface area contributed by atoms with Gasteiger partial charge in [-0.05, 0) is 35.9 Å². The number of hydrogen-bond donors (Lipinski definition) is 1. The molecule has 0 saturated heterocycles. The van der Waals surface area contributed by atoms with Crippen LogP contribution in [0.25, 0.3) is 17.2 Å². The Kier molecular flexibility index (Phi) is 5.69. The van der Waals surface area contributed by atoms with Crippen molar-refractivity contribution in [1.82, 2.24) is 24.1 Å². The van der Waals surface area contributed by atoms with Crippen molar-refractivity contribution < 1.29 is 13.9 Å². The van der Waals surface area contributed by atoms with E-state index in [0.29, 0.717) is 53.5 Å². The van der Waals surface area contributed by atoms with E-state index in [0.717, 1.165) is 5.56 Å². The van der Waals surface area contributed by atoms with E-state index in [1.807, 2.05) is 24.3 Å². The van der Waals surface area contributed by atoms with Crippen LogP contribution >= 0.6 is 0 Å². The number of nitrogens with one attached hydrogen (secondary N) is 1. The minimum Gasteiger partial charge on any atom is -0.493 e. The predicted octanol–water partition coefficient (Wildman–Crippen LogP) is 3.22. The number of pyridine rings is 1. The zero-order valence-electron chi connectivity index (χ0n) is 18.6. The third-order valence-electron chi connectivity index (χ3n) is 5.25. The van der Waals surface area contributed by atoms with Crippen molar-refractivity contribution in [3.05, 3.63) is 88.7 Å². The van der Waals surface area contributed by atoms with E-state index < -0.39 is 0 Å². The zero-order valence-corrected chi connectivity index (χ0v) is 18.6. The average Bonchev–Trinajstić information content (AvgIpc) is 3.54. The van der Waals surface area contributed by atoms with Crippen LogP contribution in [0.4, 0.5) is 5.95 Å². The molecule has 0 fully saturated rings. The molecule has 0 bridgehead atoms. The van der Waals surface area contributed by atoms with Crippen LogP contribution < -0.4 is 20.3 Å². The lowest BCUT2D eigenvalue weighted by molar-refractivity contribution is 0.354. The lowest BCUT2D eigenvalue weighted by Crippen LogP contribution is -2.19. The minimum atomic E-state index is -0.109.